The molecule has 3 nitrogen and oxygen atoms in total. The van der Waals surface area contributed by atoms with E-state index in [0.717, 1.165) is 6.04 Å². The summed E-state index contributed by atoms with van der Waals surface area (Å²) in [5.74, 6) is 0. The molecule has 0 rings (SSSR count). The lowest BCUT2D eigenvalue weighted by molar-refractivity contribution is 0.123. The van der Waals surface area contributed by atoms with E-state index in [1.165, 1.54) is 31.1 Å². The van der Waals surface area contributed by atoms with E-state index < -0.39 is 16.1 Å². The molecule has 0 aliphatic heterocycles. The predicted octanol–water partition coefficient (Wildman–Crippen LogP) is 3.33. The lowest BCUT2D eigenvalue weighted by Gasteiger charge is -2.27. The Labute approximate surface area is 109 Å². The summed E-state index contributed by atoms with van der Waals surface area (Å²) >= 11 is 0. The lowest BCUT2D eigenvalue weighted by atomic mass is 10.6. The molecule has 0 fully saturated rings. The van der Waals surface area contributed by atoms with Gasteiger partial charge in [0.2, 0.25) is 0 Å². The van der Waals surface area contributed by atoms with Crippen LogP contribution in [0.1, 0.15) is 27.2 Å². The van der Waals surface area contributed by atoms with Crippen LogP contribution in [0.25, 0.3) is 0 Å². The van der Waals surface area contributed by atoms with E-state index in [1.54, 1.807) is 21.3 Å². The first kappa shape index (κ1) is 17.5. The van der Waals surface area contributed by atoms with Crippen LogP contribution in [0.5, 0.6) is 0 Å². The van der Waals surface area contributed by atoms with E-state index in [4.69, 9.17) is 13.3 Å². The van der Waals surface area contributed by atoms with Gasteiger partial charge in [-0.3, -0.25) is 0 Å². The van der Waals surface area contributed by atoms with Gasteiger partial charge in [0.1, 0.15) is 0 Å². The molecule has 0 saturated heterocycles. The fourth-order valence-corrected chi connectivity index (χ4v) is 7.47. The van der Waals surface area contributed by atoms with Crippen molar-refractivity contribution in [3.05, 3.63) is 0 Å². The maximum Gasteiger partial charge on any atom is 0.500 e. The van der Waals surface area contributed by atoms with Crippen LogP contribution in [0.2, 0.25) is 6.04 Å². The van der Waals surface area contributed by atoms with Gasteiger partial charge in [0.25, 0.3) is 0 Å². The summed E-state index contributed by atoms with van der Waals surface area (Å²) in [5, 5.41) is 0. The van der Waals surface area contributed by atoms with E-state index >= 15 is 0 Å². The molecule has 0 aliphatic rings. The molecule has 0 aliphatic carbocycles. The fourth-order valence-electron chi connectivity index (χ4n) is 2.33. The minimum absolute atomic E-state index is 0.701. The van der Waals surface area contributed by atoms with Crippen LogP contribution in [-0.4, -0.2) is 54.8 Å². The lowest BCUT2D eigenvalue weighted by Crippen LogP contribution is -2.42. The van der Waals surface area contributed by atoms with Crippen molar-refractivity contribution in [1.82, 2.24) is 0 Å². The largest absolute Gasteiger partial charge is 0.500 e. The van der Waals surface area contributed by atoms with E-state index in [1.807, 2.05) is 0 Å². The molecule has 0 aromatic carbocycles. The Morgan fingerprint density at radius 3 is 1.53 bits per heavy atom. The monoisotopic (exact) mass is 281 g/mol. The summed E-state index contributed by atoms with van der Waals surface area (Å²) < 4.78 is 16.4. The Kier molecular flexibility index (Phi) is 8.86. The third-order valence-corrected chi connectivity index (χ3v) is 12.2. The molecule has 0 unspecified atom stereocenters. The van der Waals surface area contributed by atoms with Gasteiger partial charge in [0.05, 0.1) is 24.6 Å². The molecule has 0 heterocycles. The first-order chi connectivity index (χ1) is 8.07. The third-order valence-electron chi connectivity index (χ3n) is 4.06. The van der Waals surface area contributed by atoms with Gasteiger partial charge >= 0.3 is 8.80 Å². The molecule has 0 saturated carbocycles. The van der Waals surface area contributed by atoms with Gasteiger partial charge in [-0.15, -0.1) is 0 Å². The van der Waals surface area contributed by atoms with E-state index in [9.17, 15) is 0 Å². The fraction of sp³-hybridized carbons (Fsp3) is 1.00. The first-order valence-electron chi connectivity index (χ1n) is 6.58. The van der Waals surface area contributed by atoms with Crippen LogP contribution in [0.3, 0.4) is 0 Å². The van der Waals surface area contributed by atoms with Crippen molar-refractivity contribution in [3.8, 4) is 0 Å². The summed E-state index contributed by atoms with van der Waals surface area (Å²) in [6, 6.07) is 0.943. The highest BCUT2D eigenvalue weighted by Gasteiger charge is 2.39. The second-order valence-electron chi connectivity index (χ2n) is 4.41. The SMILES string of the molecule is CC[P+](CC)(CC)CCC[Si](OC)(OC)OC. The Hall–Kier alpha value is 0.527. The number of rotatable bonds is 10. The van der Waals surface area contributed by atoms with Gasteiger partial charge in [-0.2, -0.15) is 0 Å². The highest BCUT2D eigenvalue weighted by atomic mass is 31.2. The molecule has 0 spiro atoms. The van der Waals surface area contributed by atoms with Crippen LogP contribution in [0, 0.1) is 0 Å². The summed E-state index contributed by atoms with van der Waals surface area (Å²) in [4.78, 5) is 0. The van der Waals surface area contributed by atoms with Crippen LogP contribution < -0.4 is 0 Å². The average Bonchev–Trinajstić information content (AvgIpc) is 2.41. The van der Waals surface area contributed by atoms with Crippen molar-refractivity contribution in [2.75, 3.05) is 46.0 Å². The Morgan fingerprint density at radius 2 is 1.24 bits per heavy atom. The quantitative estimate of drug-likeness (QED) is 0.454. The van der Waals surface area contributed by atoms with Gasteiger partial charge in [-0.1, -0.05) is 0 Å². The van der Waals surface area contributed by atoms with E-state index in [2.05, 4.69) is 20.8 Å². The standard InChI is InChI=1S/C12H30O3PSi/c1-7-16(8-2,9-3)11-10-12-17(13-4,14-5)15-6/h7-12H2,1-6H3/q+1. The molecule has 0 bridgehead atoms. The zero-order valence-corrected chi connectivity index (χ0v) is 14.3. The number of hydrogen-bond donors (Lipinski definition) is 0. The zero-order chi connectivity index (χ0) is 13.4. The van der Waals surface area contributed by atoms with Crippen LogP contribution in [0.4, 0.5) is 0 Å². The van der Waals surface area contributed by atoms with Crippen molar-refractivity contribution in [3.63, 3.8) is 0 Å². The summed E-state index contributed by atoms with van der Waals surface area (Å²) in [7, 11) is 2.05. The van der Waals surface area contributed by atoms with Crippen LogP contribution in [0.15, 0.2) is 0 Å². The summed E-state index contributed by atoms with van der Waals surface area (Å²) in [6.45, 7) is 7.03. The smallest absolute Gasteiger partial charge is 0.377 e. The van der Waals surface area contributed by atoms with Crippen molar-refractivity contribution in [2.24, 2.45) is 0 Å². The molecule has 5 heteroatoms. The van der Waals surface area contributed by atoms with E-state index in [0.29, 0.717) is 0 Å². The zero-order valence-electron chi connectivity index (χ0n) is 12.4. The average molecular weight is 281 g/mol. The molecule has 0 amide bonds. The Bertz CT molecular complexity index is 158. The van der Waals surface area contributed by atoms with Gasteiger partial charge in [-0.05, 0) is 27.2 Å². The number of hydrogen-bond acceptors (Lipinski definition) is 3. The summed E-state index contributed by atoms with van der Waals surface area (Å²) in [6.07, 6.45) is 6.61. The van der Waals surface area contributed by atoms with Gasteiger partial charge in [-0.25, -0.2) is 0 Å². The highest BCUT2D eigenvalue weighted by molar-refractivity contribution is 7.75. The first-order valence-corrected chi connectivity index (χ1v) is 11.0. The maximum absolute atomic E-state index is 5.46. The molecule has 104 valence electrons. The van der Waals surface area contributed by atoms with Gasteiger partial charge in [0.15, 0.2) is 0 Å². The Morgan fingerprint density at radius 1 is 0.824 bits per heavy atom. The van der Waals surface area contributed by atoms with Crippen molar-refractivity contribution in [2.45, 2.75) is 33.2 Å². The molecule has 0 radical (unpaired) electrons. The third kappa shape index (κ3) is 4.96. The molecule has 0 aromatic rings. The molecule has 0 atom stereocenters. The van der Waals surface area contributed by atoms with Crippen molar-refractivity contribution >= 4 is 16.1 Å². The predicted molar refractivity (Wildman–Crippen MR) is 79.6 cm³/mol. The topological polar surface area (TPSA) is 27.7 Å². The van der Waals surface area contributed by atoms with Gasteiger partial charge in [0, 0.05) is 34.6 Å². The van der Waals surface area contributed by atoms with Gasteiger partial charge < -0.3 is 13.3 Å². The molecular weight excluding hydrogens is 251 g/mol. The van der Waals surface area contributed by atoms with Crippen molar-refractivity contribution in [1.29, 1.82) is 0 Å². The Balaban J connectivity index is 4.28. The van der Waals surface area contributed by atoms with E-state index in [-0.39, 0.29) is 0 Å². The highest BCUT2D eigenvalue weighted by Crippen LogP contribution is 2.58. The second kappa shape index (κ2) is 8.60. The van der Waals surface area contributed by atoms with Crippen LogP contribution >= 0.6 is 7.26 Å². The van der Waals surface area contributed by atoms with Crippen LogP contribution in [-0.2, 0) is 13.3 Å². The summed E-state index contributed by atoms with van der Waals surface area (Å²) in [5.41, 5.74) is 0. The molecule has 0 aromatic heterocycles. The second-order valence-corrected chi connectivity index (χ2v) is 12.5. The van der Waals surface area contributed by atoms with Crippen molar-refractivity contribution < 1.29 is 13.3 Å². The molecule has 17 heavy (non-hydrogen) atoms. The minimum atomic E-state index is -2.34. The molecule has 0 N–H and O–H groups in total. The normalized spacial score (nSPS) is 13.1. The molecular formula is C12H30O3PSi+. The maximum atomic E-state index is 5.46. The minimum Gasteiger partial charge on any atom is -0.377 e.